The van der Waals surface area contributed by atoms with Crippen molar-refractivity contribution in [1.29, 1.82) is 0 Å². The molecule has 0 fully saturated rings. The topological polar surface area (TPSA) is 26.0 Å². The van der Waals surface area contributed by atoms with Gasteiger partial charge < -0.3 is 4.42 Å². The summed E-state index contributed by atoms with van der Waals surface area (Å²) >= 11 is 4.64. The van der Waals surface area contributed by atoms with E-state index < -0.39 is 0 Å². The summed E-state index contributed by atoms with van der Waals surface area (Å²) < 4.78 is 4.77. The van der Waals surface area contributed by atoms with Crippen LogP contribution in [0.3, 0.4) is 0 Å². The van der Waals surface area contributed by atoms with Crippen LogP contribution in [0.25, 0.3) is 0 Å². The lowest BCUT2D eigenvalue weighted by Gasteiger charge is -1.75. The van der Waals surface area contributed by atoms with Gasteiger partial charge in [-0.15, -0.1) is 0 Å². The van der Waals surface area contributed by atoms with Crippen LogP contribution in [-0.2, 0) is 5.75 Å². The summed E-state index contributed by atoms with van der Waals surface area (Å²) in [6.45, 7) is 0. The van der Waals surface area contributed by atoms with Gasteiger partial charge >= 0.3 is 0 Å². The van der Waals surface area contributed by atoms with Crippen molar-refractivity contribution in [2.45, 2.75) is 5.75 Å². The van der Waals surface area contributed by atoms with Crippen LogP contribution in [0, 0.1) is 0 Å². The second-order valence-electron chi connectivity index (χ2n) is 1.11. The summed E-state index contributed by atoms with van der Waals surface area (Å²) in [5, 5.41) is 0. The highest BCUT2D eigenvalue weighted by atomic mass is 32.1. The molecule has 0 N–H and O–H groups in total. The first-order chi connectivity index (χ1) is 3.43. The van der Waals surface area contributed by atoms with E-state index in [1.165, 1.54) is 6.39 Å². The molecule has 0 amide bonds. The Morgan fingerprint density at radius 2 is 2.71 bits per heavy atom. The first-order valence-corrected chi connectivity index (χ1v) is 2.46. The Labute approximate surface area is 47.0 Å². The summed E-state index contributed by atoms with van der Waals surface area (Å²) in [5.74, 6) is 1.27. The molecule has 0 saturated heterocycles. The quantitative estimate of drug-likeness (QED) is 0.551. The van der Waals surface area contributed by atoms with Gasteiger partial charge in [-0.25, -0.2) is 4.98 Å². The van der Waals surface area contributed by atoms with Crippen LogP contribution in [0.1, 0.15) is 5.76 Å². The van der Waals surface area contributed by atoms with E-state index in [9.17, 15) is 0 Å². The van der Waals surface area contributed by atoms with E-state index in [-0.39, 0.29) is 0 Å². The molecule has 1 radical (unpaired) electrons. The van der Waals surface area contributed by atoms with Gasteiger partial charge in [-0.3, -0.25) is 0 Å². The van der Waals surface area contributed by atoms with Crippen LogP contribution >= 0.6 is 12.6 Å². The Balaban J connectivity index is 2.76. The van der Waals surface area contributed by atoms with E-state index in [4.69, 9.17) is 4.42 Å². The molecule has 7 heavy (non-hydrogen) atoms. The molecule has 1 aromatic heterocycles. The molecule has 1 rings (SSSR count). The third-order valence-electron chi connectivity index (χ3n) is 0.626. The Morgan fingerprint density at radius 3 is 3.00 bits per heavy atom. The average molecular weight is 114 g/mol. The predicted molar refractivity (Wildman–Crippen MR) is 27.8 cm³/mol. The monoisotopic (exact) mass is 114 g/mol. The van der Waals surface area contributed by atoms with Crippen molar-refractivity contribution in [2.24, 2.45) is 0 Å². The summed E-state index contributed by atoms with van der Waals surface area (Å²) in [4.78, 5) is 3.66. The highest BCUT2D eigenvalue weighted by molar-refractivity contribution is 7.79. The zero-order valence-electron chi connectivity index (χ0n) is 3.63. The van der Waals surface area contributed by atoms with E-state index in [0.717, 1.165) is 5.76 Å². The molecule has 0 aliphatic carbocycles. The number of rotatable bonds is 1. The third-order valence-corrected chi connectivity index (χ3v) is 0.910. The minimum Gasteiger partial charge on any atom is -0.448 e. The normalized spacial score (nSPS) is 9.29. The number of hydrogen-bond donors (Lipinski definition) is 0. The van der Waals surface area contributed by atoms with Crippen LogP contribution in [0.15, 0.2) is 17.0 Å². The predicted octanol–water partition coefficient (Wildman–Crippen LogP) is 1.37. The standard InChI is InChI=1S/C4H4NOS/c7-2-4-1-5-3-6-4/h1,3H,2H2. The van der Waals surface area contributed by atoms with E-state index >= 15 is 0 Å². The van der Waals surface area contributed by atoms with Gasteiger partial charge in [0.2, 0.25) is 0 Å². The Bertz CT molecular complexity index is 126. The van der Waals surface area contributed by atoms with E-state index in [1.54, 1.807) is 6.20 Å². The maximum Gasteiger partial charge on any atom is 0.180 e. The van der Waals surface area contributed by atoms with Crippen molar-refractivity contribution in [3.05, 3.63) is 18.4 Å². The van der Waals surface area contributed by atoms with Crippen LogP contribution in [0.5, 0.6) is 0 Å². The second kappa shape index (κ2) is 2.02. The van der Waals surface area contributed by atoms with Crippen LogP contribution in [0.2, 0.25) is 0 Å². The molecule has 0 spiro atoms. The Kier molecular flexibility index (Phi) is 1.36. The van der Waals surface area contributed by atoms with Gasteiger partial charge in [0, 0.05) is 0 Å². The second-order valence-corrected chi connectivity index (χ2v) is 1.40. The summed E-state index contributed by atoms with van der Waals surface area (Å²) in [6.07, 6.45) is 2.99. The number of nitrogens with zero attached hydrogens (tertiary/aromatic N) is 1. The van der Waals surface area contributed by atoms with E-state index in [2.05, 4.69) is 17.6 Å². The van der Waals surface area contributed by atoms with Gasteiger partial charge in [0.1, 0.15) is 5.76 Å². The Morgan fingerprint density at radius 1 is 1.86 bits per heavy atom. The van der Waals surface area contributed by atoms with Crippen LogP contribution < -0.4 is 0 Å². The fourth-order valence-electron chi connectivity index (χ4n) is 0.313. The van der Waals surface area contributed by atoms with Crippen molar-refractivity contribution < 1.29 is 4.42 Å². The first-order valence-electron chi connectivity index (χ1n) is 1.89. The van der Waals surface area contributed by atoms with Gasteiger partial charge in [0.05, 0.1) is 11.9 Å². The van der Waals surface area contributed by atoms with Crippen molar-refractivity contribution in [1.82, 2.24) is 4.98 Å². The minimum absolute atomic E-state index is 0.514. The fraction of sp³-hybridized carbons (Fsp3) is 0.250. The van der Waals surface area contributed by atoms with Gasteiger partial charge in [0.25, 0.3) is 0 Å². The molecule has 2 nitrogen and oxygen atoms in total. The Hall–Kier alpha value is -0.440. The maximum absolute atomic E-state index is 4.77. The zero-order valence-corrected chi connectivity index (χ0v) is 4.44. The molecule has 37 valence electrons. The highest BCUT2D eigenvalue weighted by Gasteiger charge is 1.87. The molecular weight excluding hydrogens is 110 g/mol. The van der Waals surface area contributed by atoms with Gasteiger partial charge in [-0.1, -0.05) is 12.6 Å². The van der Waals surface area contributed by atoms with Gasteiger partial charge in [0.15, 0.2) is 6.39 Å². The number of hydrogen-bond acceptors (Lipinski definition) is 2. The number of oxazole rings is 1. The lowest BCUT2D eigenvalue weighted by Crippen LogP contribution is -1.63. The fourth-order valence-corrected chi connectivity index (χ4v) is 0.456. The smallest absolute Gasteiger partial charge is 0.180 e. The molecular formula is C4H4NOS. The van der Waals surface area contributed by atoms with Crippen molar-refractivity contribution in [3.63, 3.8) is 0 Å². The summed E-state index contributed by atoms with van der Waals surface area (Å²) in [7, 11) is 0. The third kappa shape index (κ3) is 0.962. The molecule has 0 bridgehead atoms. The zero-order chi connectivity index (χ0) is 5.11. The summed E-state index contributed by atoms with van der Waals surface area (Å²) in [6, 6.07) is 0. The molecule has 3 heteroatoms. The molecule has 0 aromatic carbocycles. The largest absolute Gasteiger partial charge is 0.448 e. The average Bonchev–Trinajstić information content (AvgIpc) is 2.14. The van der Waals surface area contributed by atoms with Crippen LogP contribution in [-0.4, -0.2) is 4.98 Å². The lowest BCUT2D eigenvalue weighted by molar-refractivity contribution is 0.523. The summed E-state index contributed by atoms with van der Waals surface area (Å²) in [5.41, 5.74) is 0. The molecule has 0 atom stereocenters. The van der Waals surface area contributed by atoms with Crippen molar-refractivity contribution in [3.8, 4) is 0 Å². The molecule has 0 aliphatic heterocycles. The molecule has 0 unspecified atom stereocenters. The minimum atomic E-state index is 0.514. The van der Waals surface area contributed by atoms with E-state index in [1.807, 2.05) is 0 Å². The molecule has 1 aromatic rings. The van der Waals surface area contributed by atoms with Gasteiger partial charge in [-0.2, -0.15) is 0 Å². The van der Waals surface area contributed by atoms with Crippen molar-refractivity contribution in [2.75, 3.05) is 0 Å². The highest BCUT2D eigenvalue weighted by Crippen LogP contribution is 1.98. The van der Waals surface area contributed by atoms with E-state index in [0.29, 0.717) is 5.75 Å². The first kappa shape index (κ1) is 4.71. The van der Waals surface area contributed by atoms with Gasteiger partial charge in [-0.05, 0) is 0 Å². The molecule has 0 saturated carbocycles. The van der Waals surface area contributed by atoms with Crippen molar-refractivity contribution >= 4 is 12.6 Å². The molecule has 0 aliphatic rings. The maximum atomic E-state index is 4.77. The lowest BCUT2D eigenvalue weighted by atomic mass is 10.6. The SMILES string of the molecule is [S]Cc1cnco1. The number of aromatic nitrogens is 1. The molecule has 1 heterocycles. The van der Waals surface area contributed by atoms with Crippen LogP contribution in [0.4, 0.5) is 0 Å².